The molecule has 102 valence electrons. The van der Waals surface area contributed by atoms with Gasteiger partial charge in [-0.05, 0) is 18.6 Å². The van der Waals surface area contributed by atoms with E-state index in [2.05, 4.69) is 4.98 Å². The summed E-state index contributed by atoms with van der Waals surface area (Å²) in [7, 11) is 0. The molecule has 0 spiro atoms. The van der Waals surface area contributed by atoms with Crippen LogP contribution in [0.5, 0.6) is 0 Å². The Balaban J connectivity index is 2.74. The summed E-state index contributed by atoms with van der Waals surface area (Å²) in [4.78, 5) is 15.0. The smallest absolute Gasteiger partial charge is 0.397 e. The van der Waals surface area contributed by atoms with Crippen LogP contribution in [0.1, 0.15) is 20.9 Å². The molecule has 2 aromatic rings. The molecule has 0 aliphatic heterocycles. The number of nitrogens with one attached hydrogen (secondary N) is 1. The highest BCUT2D eigenvalue weighted by Crippen LogP contribution is 2.38. The van der Waals surface area contributed by atoms with Gasteiger partial charge in [-0.25, -0.2) is 10.8 Å². The van der Waals surface area contributed by atoms with Crippen LogP contribution in [0.3, 0.4) is 0 Å². The van der Waals surface area contributed by atoms with Crippen molar-refractivity contribution in [3.63, 3.8) is 0 Å². The molecule has 2 rings (SSSR count). The zero-order valence-corrected chi connectivity index (χ0v) is 10.4. The second kappa shape index (κ2) is 4.35. The molecule has 0 unspecified atom stereocenters. The number of anilines is 1. The number of hydrazine groups is 1. The average molecular weight is 290 g/mol. The van der Waals surface area contributed by atoms with Crippen LogP contribution in [0.2, 0.25) is 0 Å². The molecular weight excluding hydrogens is 281 g/mol. The molecule has 0 radical (unpaired) electrons. The normalized spacial score (nSPS) is 11.8. The molecule has 0 saturated carbocycles. The van der Waals surface area contributed by atoms with E-state index in [4.69, 9.17) is 11.6 Å². The minimum absolute atomic E-state index is 0.0485. The molecule has 0 aromatic carbocycles. The summed E-state index contributed by atoms with van der Waals surface area (Å²) < 4.78 is 37.9. The predicted octanol–water partition coefficient (Wildman–Crippen LogP) is 1.81. The van der Waals surface area contributed by atoms with Crippen LogP contribution in [0.4, 0.5) is 18.9 Å². The number of pyridine rings is 1. The Labute approximate surface area is 109 Å². The van der Waals surface area contributed by atoms with Crippen LogP contribution in [-0.4, -0.2) is 10.9 Å². The van der Waals surface area contributed by atoms with Crippen LogP contribution in [-0.2, 0) is 6.18 Å². The van der Waals surface area contributed by atoms with Crippen molar-refractivity contribution in [1.29, 1.82) is 0 Å². The van der Waals surface area contributed by atoms with Gasteiger partial charge in [-0.15, -0.1) is 11.3 Å². The highest BCUT2D eigenvalue weighted by atomic mass is 32.1. The van der Waals surface area contributed by atoms with Crippen molar-refractivity contribution >= 4 is 33.1 Å². The van der Waals surface area contributed by atoms with E-state index in [-0.39, 0.29) is 15.4 Å². The molecule has 0 saturated heterocycles. The topological polar surface area (TPSA) is 94.0 Å². The predicted molar refractivity (Wildman–Crippen MR) is 65.4 cm³/mol. The number of carbonyl (C=O) groups excluding carboxylic acids is 1. The Morgan fingerprint density at radius 1 is 1.47 bits per heavy atom. The minimum Gasteiger partial charge on any atom is -0.397 e. The van der Waals surface area contributed by atoms with E-state index in [0.29, 0.717) is 10.9 Å². The van der Waals surface area contributed by atoms with Gasteiger partial charge in [-0.1, -0.05) is 0 Å². The first-order valence-electron chi connectivity index (χ1n) is 5.03. The van der Waals surface area contributed by atoms with Gasteiger partial charge < -0.3 is 5.73 Å². The maximum Gasteiger partial charge on any atom is 0.433 e. The fourth-order valence-corrected chi connectivity index (χ4v) is 2.76. The largest absolute Gasteiger partial charge is 0.433 e. The van der Waals surface area contributed by atoms with Gasteiger partial charge in [0.15, 0.2) is 0 Å². The lowest BCUT2D eigenvalue weighted by Gasteiger charge is -2.07. The van der Waals surface area contributed by atoms with E-state index in [1.165, 1.54) is 6.92 Å². The van der Waals surface area contributed by atoms with Gasteiger partial charge >= 0.3 is 6.18 Å². The number of hydrogen-bond acceptors (Lipinski definition) is 5. The van der Waals surface area contributed by atoms with E-state index >= 15 is 0 Å². The molecule has 0 bridgehead atoms. The SMILES string of the molecule is Cc1cc(C(F)(F)F)nc2sc(C(=O)NN)c(N)c12. The summed E-state index contributed by atoms with van der Waals surface area (Å²) in [6, 6.07) is 0.898. The van der Waals surface area contributed by atoms with Crippen molar-refractivity contribution in [1.82, 2.24) is 10.4 Å². The number of rotatable bonds is 1. The van der Waals surface area contributed by atoms with E-state index in [0.717, 1.165) is 17.4 Å². The first-order valence-corrected chi connectivity index (χ1v) is 5.85. The van der Waals surface area contributed by atoms with Gasteiger partial charge in [0.2, 0.25) is 0 Å². The Hall–Kier alpha value is -1.87. The van der Waals surface area contributed by atoms with Crippen LogP contribution < -0.4 is 17.0 Å². The summed E-state index contributed by atoms with van der Waals surface area (Å²) in [5, 5.41) is 0.344. The Morgan fingerprint density at radius 2 is 2.11 bits per heavy atom. The highest BCUT2D eigenvalue weighted by molar-refractivity contribution is 7.21. The maximum atomic E-state index is 12.6. The van der Waals surface area contributed by atoms with Crippen molar-refractivity contribution in [3.05, 3.63) is 22.2 Å². The number of aryl methyl sites for hydroxylation is 1. The Kier molecular flexibility index (Phi) is 3.11. The third-order valence-electron chi connectivity index (χ3n) is 2.52. The summed E-state index contributed by atoms with van der Waals surface area (Å²) >= 11 is 0.773. The van der Waals surface area contributed by atoms with Gasteiger partial charge in [0, 0.05) is 5.39 Å². The zero-order chi connectivity index (χ0) is 14.4. The number of hydrogen-bond donors (Lipinski definition) is 3. The van der Waals surface area contributed by atoms with E-state index in [1.54, 1.807) is 0 Å². The van der Waals surface area contributed by atoms with Gasteiger partial charge in [0.25, 0.3) is 5.91 Å². The molecule has 0 fully saturated rings. The van der Waals surface area contributed by atoms with Gasteiger partial charge in [0.05, 0.1) is 5.69 Å². The number of halogens is 3. The molecule has 0 aliphatic rings. The van der Waals surface area contributed by atoms with Gasteiger partial charge in [-0.2, -0.15) is 13.2 Å². The molecule has 2 aromatic heterocycles. The number of fused-ring (bicyclic) bond motifs is 1. The van der Waals surface area contributed by atoms with E-state index in [9.17, 15) is 18.0 Å². The van der Waals surface area contributed by atoms with Crippen LogP contribution in [0.25, 0.3) is 10.2 Å². The third kappa shape index (κ3) is 2.22. The number of nitrogen functional groups attached to an aromatic ring is 2. The number of carbonyl (C=O) groups is 1. The monoisotopic (exact) mass is 290 g/mol. The van der Waals surface area contributed by atoms with E-state index < -0.39 is 17.8 Å². The number of nitrogens with zero attached hydrogens (tertiary/aromatic N) is 1. The summed E-state index contributed by atoms with van der Waals surface area (Å²) in [5.74, 6) is 4.32. The number of thiophene rings is 1. The lowest BCUT2D eigenvalue weighted by atomic mass is 10.1. The standard InChI is InChI=1S/C10H9F3N4OS/c1-3-2-4(10(11,12)13)16-9-5(3)6(14)7(19-9)8(18)17-15/h2H,14-15H2,1H3,(H,17,18). The molecule has 9 heteroatoms. The van der Waals surface area contributed by atoms with Crippen LogP contribution >= 0.6 is 11.3 Å². The minimum atomic E-state index is -4.55. The molecule has 0 atom stereocenters. The number of nitrogens with two attached hydrogens (primary N) is 2. The van der Waals surface area contributed by atoms with Gasteiger partial charge in [0.1, 0.15) is 15.4 Å². The molecule has 5 nitrogen and oxygen atoms in total. The molecule has 5 N–H and O–H groups in total. The van der Waals surface area contributed by atoms with Crippen molar-refractivity contribution in [2.75, 3.05) is 5.73 Å². The summed E-state index contributed by atoms with van der Waals surface area (Å²) in [6.07, 6.45) is -4.55. The summed E-state index contributed by atoms with van der Waals surface area (Å²) in [6.45, 7) is 1.48. The van der Waals surface area contributed by atoms with Crippen molar-refractivity contribution < 1.29 is 18.0 Å². The first-order chi connectivity index (χ1) is 8.75. The van der Waals surface area contributed by atoms with Crippen molar-refractivity contribution in [2.45, 2.75) is 13.1 Å². The number of alkyl halides is 3. The van der Waals surface area contributed by atoms with Crippen molar-refractivity contribution in [3.8, 4) is 0 Å². The van der Waals surface area contributed by atoms with Crippen molar-refractivity contribution in [2.24, 2.45) is 5.84 Å². The maximum absolute atomic E-state index is 12.6. The quantitative estimate of drug-likeness (QED) is 0.424. The summed E-state index contributed by atoms with van der Waals surface area (Å²) in [5.41, 5.74) is 7.01. The Bertz CT molecular complexity index is 665. The fraction of sp³-hybridized carbons (Fsp3) is 0.200. The second-order valence-corrected chi connectivity index (χ2v) is 4.82. The average Bonchev–Trinajstić information content (AvgIpc) is 2.65. The first kappa shape index (κ1) is 13.6. The lowest BCUT2D eigenvalue weighted by molar-refractivity contribution is -0.141. The molecule has 0 aliphatic carbocycles. The second-order valence-electron chi connectivity index (χ2n) is 3.82. The molecule has 19 heavy (non-hydrogen) atoms. The third-order valence-corrected chi connectivity index (χ3v) is 3.62. The highest BCUT2D eigenvalue weighted by Gasteiger charge is 2.34. The fourth-order valence-electron chi connectivity index (χ4n) is 1.69. The van der Waals surface area contributed by atoms with Crippen LogP contribution in [0.15, 0.2) is 6.07 Å². The Morgan fingerprint density at radius 3 is 2.63 bits per heavy atom. The number of amides is 1. The zero-order valence-electron chi connectivity index (χ0n) is 9.63. The number of aromatic nitrogens is 1. The molecule has 1 amide bonds. The van der Waals surface area contributed by atoms with E-state index in [1.807, 2.05) is 5.43 Å². The van der Waals surface area contributed by atoms with Crippen LogP contribution in [0, 0.1) is 6.92 Å². The molecular formula is C10H9F3N4OS. The lowest BCUT2D eigenvalue weighted by Crippen LogP contribution is -2.29. The van der Waals surface area contributed by atoms with Gasteiger partial charge in [-0.3, -0.25) is 10.2 Å². The molecule has 2 heterocycles.